The van der Waals surface area contributed by atoms with Crippen LogP contribution in [0.25, 0.3) is 5.69 Å². The van der Waals surface area contributed by atoms with Crippen LogP contribution in [-0.2, 0) is 12.1 Å². The summed E-state index contributed by atoms with van der Waals surface area (Å²) < 4.78 is 45.9. The van der Waals surface area contributed by atoms with Crippen molar-refractivity contribution in [3.05, 3.63) is 118 Å². The number of nitrogens with zero attached hydrogens (tertiary/aromatic N) is 8. The molecule has 6 rings (SSSR count). The quantitative estimate of drug-likeness (QED) is 0.277. The maximum Gasteiger partial charge on any atom is 0.350 e. The van der Waals surface area contributed by atoms with Gasteiger partial charge in [-0.2, -0.15) is 10.2 Å². The molecule has 2 aromatic heterocycles. The summed E-state index contributed by atoms with van der Waals surface area (Å²) in [5.41, 5.74) is -0.434. The van der Waals surface area contributed by atoms with Crippen LogP contribution >= 0.6 is 11.6 Å². The molecule has 1 aliphatic heterocycles. The average molecular weight is 625 g/mol. The van der Waals surface area contributed by atoms with E-state index in [2.05, 4.69) is 25.0 Å². The third kappa shape index (κ3) is 5.55. The van der Waals surface area contributed by atoms with Crippen LogP contribution in [0.2, 0.25) is 5.02 Å². The lowest BCUT2D eigenvalue weighted by Gasteiger charge is -2.37. The van der Waals surface area contributed by atoms with E-state index in [4.69, 9.17) is 11.6 Å². The van der Waals surface area contributed by atoms with Crippen LogP contribution in [0.5, 0.6) is 0 Å². The van der Waals surface area contributed by atoms with Crippen LogP contribution in [0.4, 0.5) is 24.5 Å². The molecule has 3 heterocycles. The van der Waals surface area contributed by atoms with E-state index in [-0.39, 0.29) is 17.1 Å². The Labute approximate surface area is 255 Å². The third-order valence-corrected chi connectivity index (χ3v) is 8.35. The normalized spacial score (nSPS) is 15.8. The van der Waals surface area contributed by atoms with Gasteiger partial charge in [0.1, 0.15) is 42.0 Å². The fraction of sp³-hybridized carbons (Fsp3) is 0.267. The Morgan fingerprint density at radius 3 is 2.16 bits per heavy atom. The molecule has 0 radical (unpaired) electrons. The molecular weight excluding hydrogens is 597 g/mol. The summed E-state index contributed by atoms with van der Waals surface area (Å²) in [7, 11) is 0. The van der Waals surface area contributed by atoms with Gasteiger partial charge in [0.15, 0.2) is 0 Å². The van der Waals surface area contributed by atoms with Gasteiger partial charge in [0.25, 0.3) is 0 Å². The van der Waals surface area contributed by atoms with E-state index in [1.54, 1.807) is 24.3 Å². The topological polar surface area (TPSA) is 97.2 Å². The monoisotopic (exact) mass is 624 g/mol. The number of anilines is 2. The van der Waals surface area contributed by atoms with Crippen molar-refractivity contribution in [2.24, 2.45) is 0 Å². The lowest BCUT2D eigenvalue weighted by Crippen LogP contribution is -2.46. The highest BCUT2D eigenvalue weighted by atomic mass is 35.5. The molecule has 14 heteroatoms. The van der Waals surface area contributed by atoms with Crippen molar-refractivity contribution in [1.29, 1.82) is 0 Å². The van der Waals surface area contributed by atoms with E-state index in [0.29, 0.717) is 11.8 Å². The largest absolute Gasteiger partial charge is 0.381 e. The summed E-state index contributed by atoms with van der Waals surface area (Å²) in [5, 5.41) is 20.2. The SMILES string of the molecule is CC(n1ncn(-c2ccc(N3CCN(c4ccc(F)c(Cl)c4)CC3)cc2)c1=O)C(O)(Cn1cncn1)c1ccc(F)cc1F. The van der Waals surface area contributed by atoms with Gasteiger partial charge in [-0.25, -0.2) is 36.9 Å². The van der Waals surface area contributed by atoms with E-state index in [9.17, 15) is 23.1 Å². The fourth-order valence-electron chi connectivity index (χ4n) is 5.53. The first kappa shape index (κ1) is 29.5. The number of piperazine rings is 1. The summed E-state index contributed by atoms with van der Waals surface area (Å²) in [6.45, 7) is 4.16. The van der Waals surface area contributed by atoms with Crippen molar-refractivity contribution in [3.8, 4) is 5.69 Å². The summed E-state index contributed by atoms with van der Waals surface area (Å²) in [6.07, 6.45) is 3.94. The van der Waals surface area contributed by atoms with E-state index in [1.165, 1.54) is 41.2 Å². The lowest BCUT2D eigenvalue weighted by molar-refractivity contribution is -0.0381. The first-order valence-corrected chi connectivity index (χ1v) is 14.2. The predicted molar refractivity (Wildman–Crippen MR) is 159 cm³/mol. The molecule has 2 atom stereocenters. The highest BCUT2D eigenvalue weighted by Gasteiger charge is 2.42. The number of aliphatic hydroxyl groups is 1. The van der Waals surface area contributed by atoms with Gasteiger partial charge in [0.2, 0.25) is 0 Å². The second-order valence-corrected chi connectivity index (χ2v) is 11.0. The van der Waals surface area contributed by atoms with Crippen molar-refractivity contribution < 1.29 is 18.3 Å². The Morgan fingerprint density at radius 2 is 1.52 bits per heavy atom. The molecule has 1 N–H and O–H groups in total. The molecule has 0 bridgehead atoms. The second-order valence-electron chi connectivity index (χ2n) is 10.6. The van der Waals surface area contributed by atoms with Gasteiger partial charge in [-0.05, 0) is 55.5 Å². The molecule has 0 spiro atoms. The molecule has 5 aromatic rings. The first-order valence-electron chi connectivity index (χ1n) is 13.9. The van der Waals surface area contributed by atoms with Crippen molar-refractivity contribution in [3.63, 3.8) is 0 Å². The summed E-state index contributed by atoms with van der Waals surface area (Å²) in [5.74, 6) is -2.21. The maximum atomic E-state index is 15.0. The van der Waals surface area contributed by atoms with Crippen LogP contribution < -0.4 is 15.5 Å². The molecule has 1 fully saturated rings. The number of halogens is 4. The van der Waals surface area contributed by atoms with Gasteiger partial charge < -0.3 is 14.9 Å². The molecule has 1 aliphatic rings. The molecular formula is C30H28ClF3N8O2. The zero-order chi connectivity index (χ0) is 31.0. The van der Waals surface area contributed by atoms with Crippen LogP contribution in [0.1, 0.15) is 18.5 Å². The Morgan fingerprint density at radius 1 is 0.864 bits per heavy atom. The van der Waals surface area contributed by atoms with E-state index >= 15 is 0 Å². The molecule has 228 valence electrons. The second kappa shape index (κ2) is 11.8. The Bertz CT molecular complexity index is 1820. The number of benzene rings is 3. The Kier molecular flexibility index (Phi) is 7.91. The highest BCUT2D eigenvalue weighted by Crippen LogP contribution is 2.36. The number of hydrogen-bond acceptors (Lipinski definition) is 7. The van der Waals surface area contributed by atoms with E-state index in [1.807, 2.05) is 12.1 Å². The predicted octanol–water partition coefficient (Wildman–Crippen LogP) is 4.17. The minimum atomic E-state index is -2.04. The number of hydrogen-bond donors (Lipinski definition) is 1. The fourth-order valence-corrected chi connectivity index (χ4v) is 5.71. The van der Waals surface area contributed by atoms with E-state index < -0.39 is 34.8 Å². The first-order chi connectivity index (χ1) is 21.1. The minimum Gasteiger partial charge on any atom is -0.381 e. The van der Waals surface area contributed by atoms with Crippen molar-refractivity contribution >= 4 is 23.0 Å². The van der Waals surface area contributed by atoms with Gasteiger partial charge in [0, 0.05) is 49.2 Å². The standard InChI is InChI=1S/C30H28ClF3N8O2/c1-20(30(44,16-40-18-35-17-36-40)25-8-2-21(32)14-28(25)34)42-29(43)41(19-37-42)23-5-3-22(4-6-23)38-10-12-39(13-11-38)24-7-9-27(33)26(31)15-24/h2-9,14-15,17-20,44H,10-13,16H2,1H3. The Hall–Kier alpha value is -4.62. The van der Waals surface area contributed by atoms with Gasteiger partial charge >= 0.3 is 5.69 Å². The third-order valence-electron chi connectivity index (χ3n) is 8.06. The molecule has 0 amide bonds. The minimum absolute atomic E-state index is 0.0935. The highest BCUT2D eigenvalue weighted by molar-refractivity contribution is 6.31. The molecule has 2 unspecified atom stereocenters. The molecule has 44 heavy (non-hydrogen) atoms. The summed E-state index contributed by atoms with van der Waals surface area (Å²) >= 11 is 5.96. The number of aromatic nitrogens is 6. The van der Waals surface area contributed by atoms with Crippen molar-refractivity contribution in [2.45, 2.75) is 25.1 Å². The molecule has 0 saturated carbocycles. The van der Waals surface area contributed by atoms with Crippen LogP contribution in [-0.4, -0.2) is 60.4 Å². The average Bonchev–Trinajstić information content (AvgIpc) is 3.67. The van der Waals surface area contributed by atoms with Crippen molar-refractivity contribution in [2.75, 3.05) is 36.0 Å². The zero-order valence-electron chi connectivity index (χ0n) is 23.6. The summed E-state index contributed by atoms with van der Waals surface area (Å²) in [6, 6.07) is 13.9. The molecule has 10 nitrogen and oxygen atoms in total. The number of rotatable bonds is 8. The van der Waals surface area contributed by atoms with Crippen LogP contribution in [0.15, 0.2) is 84.4 Å². The molecule has 3 aromatic carbocycles. The molecule has 0 aliphatic carbocycles. The van der Waals surface area contributed by atoms with Gasteiger partial charge in [-0.3, -0.25) is 0 Å². The van der Waals surface area contributed by atoms with Gasteiger partial charge in [-0.1, -0.05) is 17.7 Å². The van der Waals surface area contributed by atoms with E-state index in [0.717, 1.165) is 54.4 Å². The zero-order valence-corrected chi connectivity index (χ0v) is 24.3. The van der Waals surface area contributed by atoms with Gasteiger partial charge in [-0.15, -0.1) is 0 Å². The maximum absolute atomic E-state index is 15.0. The van der Waals surface area contributed by atoms with Crippen LogP contribution in [0.3, 0.4) is 0 Å². The lowest BCUT2D eigenvalue weighted by atomic mass is 9.86. The smallest absolute Gasteiger partial charge is 0.350 e. The van der Waals surface area contributed by atoms with Gasteiger partial charge in [0.05, 0.1) is 23.3 Å². The molecule has 1 saturated heterocycles. The summed E-state index contributed by atoms with van der Waals surface area (Å²) in [4.78, 5) is 21.8. The Balaban J connectivity index is 1.21. The van der Waals surface area contributed by atoms with Crippen molar-refractivity contribution in [1.82, 2.24) is 29.1 Å². The van der Waals surface area contributed by atoms with Crippen LogP contribution in [0, 0.1) is 17.5 Å².